The van der Waals surface area contributed by atoms with Crippen LogP contribution < -0.4 is 0 Å². The average molecular weight is 311 g/mol. The van der Waals surface area contributed by atoms with Crippen LogP contribution in [0.2, 0.25) is 0 Å². The van der Waals surface area contributed by atoms with E-state index in [0.717, 1.165) is 17.9 Å². The molecule has 2 atom stereocenters. The van der Waals surface area contributed by atoms with Crippen LogP contribution in [-0.2, 0) is 9.53 Å². The van der Waals surface area contributed by atoms with Gasteiger partial charge in [0.1, 0.15) is 11.6 Å². The van der Waals surface area contributed by atoms with E-state index in [-0.39, 0.29) is 17.9 Å². The van der Waals surface area contributed by atoms with E-state index in [1.807, 2.05) is 0 Å². The van der Waals surface area contributed by atoms with Gasteiger partial charge in [-0.15, -0.1) is 10.5 Å². The van der Waals surface area contributed by atoms with Crippen molar-refractivity contribution >= 4 is 12.0 Å². The van der Waals surface area contributed by atoms with Crippen molar-refractivity contribution in [2.24, 2.45) is 11.1 Å². The maximum absolute atomic E-state index is 12.2. The van der Waals surface area contributed by atoms with Gasteiger partial charge in [0.15, 0.2) is 0 Å². The predicted octanol–water partition coefficient (Wildman–Crippen LogP) is 3.10. The first-order chi connectivity index (χ1) is 10.2. The quantitative estimate of drug-likeness (QED) is 0.346. The van der Waals surface area contributed by atoms with Gasteiger partial charge < -0.3 is 9.64 Å². The smallest absolute Gasteiger partial charge is 0.425 e. The van der Waals surface area contributed by atoms with Gasteiger partial charge in [-0.3, -0.25) is 4.79 Å². The van der Waals surface area contributed by atoms with Gasteiger partial charge >= 0.3 is 6.09 Å². The third kappa shape index (κ3) is 5.11. The Balaban J connectivity index is 2.85. The molecule has 0 aromatic rings. The highest BCUT2D eigenvalue weighted by Gasteiger charge is 2.38. The molecule has 8 nitrogen and oxygen atoms in total. The van der Waals surface area contributed by atoms with Crippen LogP contribution in [0.25, 0.3) is 10.4 Å². The highest BCUT2D eigenvalue weighted by molar-refractivity contribution is 5.78. The predicted molar refractivity (Wildman–Crippen MR) is 81.7 cm³/mol. The molecule has 0 aliphatic heterocycles. The Morgan fingerprint density at radius 3 is 2.41 bits per heavy atom. The van der Waals surface area contributed by atoms with Crippen LogP contribution in [0.15, 0.2) is 5.22 Å². The molecule has 0 aromatic carbocycles. The molecule has 1 aliphatic rings. The summed E-state index contributed by atoms with van der Waals surface area (Å²) in [5.74, 6) is -0.123. The highest BCUT2D eigenvalue weighted by atomic mass is 16.6. The van der Waals surface area contributed by atoms with E-state index < -0.39 is 11.7 Å². The largest absolute Gasteiger partial charge is 0.511 e. The highest BCUT2D eigenvalue weighted by Crippen LogP contribution is 2.30. The van der Waals surface area contributed by atoms with Crippen molar-refractivity contribution in [1.82, 2.24) is 9.91 Å². The SMILES string of the molecule is CN(C)C(=O)[C@H]1CCCC(N(N=[N+]=[N-])C(=O)OC(C)(C)C)C1. The van der Waals surface area contributed by atoms with Crippen molar-refractivity contribution < 1.29 is 14.3 Å². The normalized spacial score (nSPS) is 21.5. The minimum atomic E-state index is -0.673. The number of hydrogen-bond donors (Lipinski definition) is 0. The standard InChI is InChI=1S/C14H25N5O3/c1-14(2,3)22-13(21)19(17-16-15)11-8-6-7-10(9-11)12(20)18(4)5/h10-11H,6-9H2,1-5H3/t10-,11?/m0/s1. The summed E-state index contributed by atoms with van der Waals surface area (Å²) in [6.07, 6.45) is 2.08. The van der Waals surface area contributed by atoms with E-state index in [2.05, 4.69) is 10.1 Å². The fourth-order valence-corrected chi connectivity index (χ4v) is 2.59. The van der Waals surface area contributed by atoms with Crippen LogP contribution in [0.5, 0.6) is 0 Å². The van der Waals surface area contributed by atoms with Crippen molar-refractivity contribution in [2.75, 3.05) is 14.1 Å². The number of nitrogens with zero attached hydrogens (tertiary/aromatic N) is 5. The molecule has 0 N–H and O–H groups in total. The van der Waals surface area contributed by atoms with Crippen LogP contribution in [0, 0.1) is 5.92 Å². The molecule has 0 aromatic heterocycles. The Kier molecular flexibility index (Phi) is 6.05. The number of azide groups is 1. The maximum Gasteiger partial charge on any atom is 0.511 e. The Morgan fingerprint density at radius 1 is 1.27 bits per heavy atom. The van der Waals surface area contributed by atoms with Crippen LogP contribution in [0.3, 0.4) is 0 Å². The minimum Gasteiger partial charge on any atom is -0.425 e. The number of carbonyl (C=O) groups excluding carboxylic acids is 2. The summed E-state index contributed by atoms with van der Waals surface area (Å²) in [6.45, 7) is 5.25. The van der Waals surface area contributed by atoms with Crippen molar-refractivity contribution in [3.8, 4) is 0 Å². The number of carbonyl (C=O) groups is 2. The molecule has 124 valence electrons. The average Bonchev–Trinajstić information content (AvgIpc) is 2.41. The first kappa shape index (κ1) is 18.1. The monoisotopic (exact) mass is 311 g/mol. The van der Waals surface area contributed by atoms with E-state index in [4.69, 9.17) is 10.3 Å². The Bertz CT molecular complexity index is 466. The third-order valence-corrected chi connectivity index (χ3v) is 3.50. The van der Waals surface area contributed by atoms with E-state index in [9.17, 15) is 9.59 Å². The van der Waals surface area contributed by atoms with Crippen molar-refractivity contribution in [3.05, 3.63) is 10.4 Å². The number of ether oxygens (including phenoxy) is 1. The van der Waals surface area contributed by atoms with Gasteiger partial charge in [0.05, 0.1) is 0 Å². The molecule has 1 unspecified atom stereocenters. The van der Waals surface area contributed by atoms with Crippen molar-refractivity contribution in [1.29, 1.82) is 0 Å². The zero-order chi connectivity index (χ0) is 16.9. The van der Waals surface area contributed by atoms with Gasteiger partial charge in [-0.1, -0.05) is 0 Å². The van der Waals surface area contributed by atoms with E-state index >= 15 is 0 Å². The minimum absolute atomic E-state index is 0.0368. The lowest BCUT2D eigenvalue weighted by atomic mass is 9.84. The molecule has 0 spiro atoms. The van der Waals surface area contributed by atoms with Crippen LogP contribution in [0.4, 0.5) is 4.79 Å². The summed E-state index contributed by atoms with van der Waals surface area (Å²) in [7, 11) is 3.43. The molecular formula is C14H25N5O3. The first-order valence-electron chi connectivity index (χ1n) is 7.44. The van der Waals surface area contributed by atoms with E-state index in [1.165, 1.54) is 0 Å². The molecule has 1 saturated carbocycles. The van der Waals surface area contributed by atoms with Crippen LogP contribution >= 0.6 is 0 Å². The van der Waals surface area contributed by atoms with Gasteiger partial charge in [0.2, 0.25) is 5.91 Å². The maximum atomic E-state index is 12.2. The van der Waals surface area contributed by atoms with Gasteiger partial charge in [-0.2, -0.15) is 9.71 Å². The van der Waals surface area contributed by atoms with E-state index in [0.29, 0.717) is 12.8 Å². The molecule has 1 aliphatic carbocycles. The van der Waals surface area contributed by atoms with Crippen molar-refractivity contribution in [3.63, 3.8) is 0 Å². The topological polar surface area (TPSA) is 98.6 Å². The molecule has 0 heterocycles. The molecule has 1 rings (SSSR count). The first-order valence-corrected chi connectivity index (χ1v) is 7.44. The fourth-order valence-electron chi connectivity index (χ4n) is 2.59. The Morgan fingerprint density at radius 2 is 1.91 bits per heavy atom. The summed E-state index contributed by atoms with van der Waals surface area (Å²) in [5.41, 5.74) is 8.04. The lowest BCUT2D eigenvalue weighted by molar-refractivity contribution is -0.134. The molecule has 1 fully saturated rings. The second kappa shape index (κ2) is 7.35. The van der Waals surface area contributed by atoms with Gasteiger partial charge in [-0.05, 0) is 45.3 Å². The molecule has 22 heavy (non-hydrogen) atoms. The van der Waals surface area contributed by atoms with Crippen molar-refractivity contribution in [2.45, 2.75) is 58.1 Å². The zero-order valence-electron chi connectivity index (χ0n) is 13.9. The summed E-state index contributed by atoms with van der Waals surface area (Å²) in [4.78, 5) is 28.6. The Hall–Kier alpha value is -1.95. The summed E-state index contributed by atoms with van der Waals surface area (Å²) in [6, 6.07) is -0.312. The van der Waals surface area contributed by atoms with Crippen LogP contribution in [0.1, 0.15) is 46.5 Å². The number of hydrogen-bond acceptors (Lipinski definition) is 4. The number of rotatable bonds is 3. The fraction of sp³-hybridized carbons (Fsp3) is 0.857. The zero-order valence-corrected chi connectivity index (χ0v) is 13.9. The second-order valence-corrected chi connectivity index (χ2v) is 6.75. The summed E-state index contributed by atoms with van der Waals surface area (Å²) in [5, 5.41) is 4.53. The third-order valence-electron chi connectivity index (χ3n) is 3.50. The summed E-state index contributed by atoms with van der Waals surface area (Å²) >= 11 is 0. The molecule has 0 saturated heterocycles. The summed E-state index contributed by atoms with van der Waals surface area (Å²) < 4.78 is 5.28. The lowest BCUT2D eigenvalue weighted by Gasteiger charge is -2.32. The van der Waals surface area contributed by atoms with Gasteiger partial charge in [0, 0.05) is 26.4 Å². The molecular weight excluding hydrogens is 286 g/mol. The van der Waals surface area contributed by atoms with Crippen LogP contribution in [-0.4, -0.2) is 47.6 Å². The second-order valence-electron chi connectivity index (χ2n) is 6.75. The Labute approximate surface area is 131 Å². The van der Waals surface area contributed by atoms with Gasteiger partial charge in [0.25, 0.3) is 0 Å². The molecule has 0 bridgehead atoms. The molecule has 2 amide bonds. The van der Waals surface area contributed by atoms with Gasteiger partial charge in [-0.25, -0.2) is 0 Å². The number of amides is 2. The lowest BCUT2D eigenvalue weighted by Crippen LogP contribution is -2.44. The molecule has 8 heteroatoms. The van der Waals surface area contributed by atoms with E-state index in [1.54, 1.807) is 39.8 Å². The molecule has 0 radical (unpaired) electrons.